The van der Waals surface area contributed by atoms with E-state index in [9.17, 15) is 9.59 Å². The third-order valence-corrected chi connectivity index (χ3v) is 3.01. The van der Waals surface area contributed by atoms with Crippen LogP contribution in [0, 0.1) is 11.3 Å². The number of ether oxygens (including phenoxy) is 1. The average Bonchev–Trinajstić information content (AvgIpc) is 2.44. The molecule has 0 spiro atoms. The van der Waals surface area contributed by atoms with E-state index in [0.29, 0.717) is 23.4 Å². The van der Waals surface area contributed by atoms with E-state index in [1.165, 1.54) is 18.2 Å². The van der Waals surface area contributed by atoms with Crippen LogP contribution in [0.25, 0.3) is 0 Å². The molecule has 1 N–H and O–H groups in total. The SMILES string of the molecule is N#CCCCOC(=O)CNC(=O)c1ccc(Cl)c(Cl)c1. The normalized spacial score (nSPS) is 9.65. The zero-order chi connectivity index (χ0) is 15.0. The van der Waals surface area contributed by atoms with E-state index in [1.807, 2.05) is 6.07 Å². The van der Waals surface area contributed by atoms with Gasteiger partial charge in [-0.2, -0.15) is 5.26 Å². The molecule has 0 radical (unpaired) electrons. The first-order chi connectivity index (χ1) is 9.54. The molecule has 1 rings (SSSR count). The highest BCUT2D eigenvalue weighted by Crippen LogP contribution is 2.22. The maximum atomic E-state index is 11.7. The largest absolute Gasteiger partial charge is 0.464 e. The van der Waals surface area contributed by atoms with Crippen molar-refractivity contribution in [1.82, 2.24) is 5.32 Å². The number of nitrogens with zero attached hydrogens (tertiary/aromatic N) is 1. The van der Waals surface area contributed by atoms with Gasteiger partial charge in [-0.05, 0) is 24.6 Å². The van der Waals surface area contributed by atoms with Crippen molar-refractivity contribution >= 4 is 35.1 Å². The highest BCUT2D eigenvalue weighted by molar-refractivity contribution is 6.42. The third-order valence-electron chi connectivity index (χ3n) is 2.27. The second-order valence-electron chi connectivity index (χ2n) is 3.79. The van der Waals surface area contributed by atoms with Crippen LogP contribution in [0.1, 0.15) is 23.2 Å². The van der Waals surface area contributed by atoms with Gasteiger partial charge in [-0.15, -0.1) is 0 Å². The monoisotopic (exact) mass is 314 g/mol. The lowest BCUT2D eigenvalue weighted by Gasteiger charge is -2.06. The first-order valence-electron chi connectivity index (χ1n) is 5.80. The molecule has 7 heteroatoms. The number of hydrogen-bond acceptors (Lipinski definition) is 4. The molecule has 0 heterocycles. The molecule has 0 fully saturated rings. The van der Waals surface area contributed by atoms with Crippen LogP contribution in [0.2, 0.25) is 10.0 Å². The van der Waals surface area contributed by atoms with E-state index in [1.54, 1.807) is 0 Å². The number of nitrogens with one attached hydrogen (secondary N) is 1. The minimum Gasteiger partial charge on any atom is -0.464 e. The summed E-state index contributed by atoms with van der Waals surface area (Å²) < 4.78 is 4.82. The number of halogens is 2. The quantitative estimate of drug-likeness (QED) is 0.646. The Labute approximate surface area is 126 Å². The molecule has 0 atom stereocenters. The van der Waals surface area contributed by atoms with Gasteiger partial charge in [-0.25, -0.2) is 0 Å². The fraction of sp³-hybridized carbons (Fsp3) is 0.308. The Kier molecular flexibility index (Phi) is 6.85. The number of unbranched alkanes of at least 4 members (excludes halogenated alkanes) is 1. The minimum absolute atomic E-state index is 0.162. The van der Waals surface area contributed by atoms with Gasteiger partial charge < -0.3 is 10.1 Å². The number of esters is 1. The van der Waals surface area contributed by atoms with Gasteiger partial charge in [0.25, 0.3) is 5.91 Å². The second-order valence-corrected chi connectivity index (χ2v) is 4.61. The van der Waals surface area contributed by atoms with Gasteiger partial charge in [0.15, 0.2) is 0 Å². The molecule has 0 aromatic heterocycles. The smallest absolute Gasteiger partial charge is 0.325 e. The first-order valence-corrected chi connectivity index (χ1v) is 6.56. The molecule has 1 aromatic carbocycles. The van der Waals surface area contributed by atoms with Gasteiger partial charge in [0.2, 0.25) is 0 Å². The molecule has 0 saturated heterocycles. The summed E-state index contributed by atoms with van der Waals surface area (Å²) in [7, 11) is 0. The van der Waals surface area contributed by atoms with Crippen LogP contribution in [0.3, 0.4) is 0 Å². The van der Waals surface area contributed by atoms with Gasteiger partial charge in [0, 0.05) is 12.0 Å². The summed E-state index contributed by atoms with van der Waals surface area (Å²) in [6.07, 6.45) is 0.798. The fourth-order valence-corrected chi connectivity index (χ4v) is 1.58. The van der Waals surface area contributed by atoms with Crippen LogP contribution in [-0.4, -0.2) is 25.0 Å². The number of amides is 1. The van der Waals surface area contributed by atoms with Crippen molar-refractivity contribution in [1.29, 1.82) is 5.26 Å². The molecule has 0 unspecified atom stereocenters. The van der Waals surface area contributed by atoms with Crippen LogP contribution in [0.4, 0.5) is 0 Å². The Morgan fingerprint density at radius 2 is 2.05 bits per heavy atom. The van der Waals surface area contributed by atoms with E-state index in [-0.39, 0.29) is 18.2 Å². The summed E-state index contributed by atoms with van der Waals surface area (Å²) in [5.74, 6) is -1.01. The second kappa shape index (κ2) is 8.41. The molecular weight excluding hydrogens is 303 g/mol. The first kappa shape index (κ1) is 16.3. The standard InChI is InChI=1S/C13H12Cl2N2O3/c14-10-4-3-9(7-11(10)15)13(19)17-8-12(18)20-6-2-1-5-16/h3-4,7H,1-2,6,8H2,(H,17,19). The lowest BCUT2D eigenvalue weighted by molar-refractivity contribution is -0.142. The molecule has 0 saturated carbocycles. The van der Waals surface area contributed by atoms with Crippen LogP contribution in [0.5, 0.6) is 0 Å². The number of carbonyl (C=O) groups is 2. The molecule has 1 amide bonds. The molecule has 0 aliphatic heterocycles. The molecule has 20 heavy (non-hydrogen) atoms. The zero-order valence-corrected chi connectivity index (χ0v) is 12.0. The van der Waals surface area contributed by atoms with Crippen molar-refractivity contribution in [2.24, 2.45) is 0 Å². The van der Waals surface area contributed by atoms with Gasteiger partial charge in [0.05, 0.1) is 22.7 Å². The molecular formula is C13H12Cl2N2O3. The molecule has 0 aliphatic rings. The van der Waals surface area contributed by atoms with Gasteiger partial charge in [-0.1, -0.05) is 23.2 Å². The summed E-state index contributed by atoms with van der Waals surface area (Å²) in [6.45, 7) is -0.0827. The van der Waals surface area contributed by atoms with Gasteiger partial charge in [-0.3, -0.25) is 9.59 Å². The molecule has 0 bridgehead atoms. The number of rotatable bonds is 6. The molecule has 0 aliphatic carbocycles. The fourth-order valence-electron chi connectivity index (χ4n) is 1.28. The maximum Gasteiger partial charge on any atom is 0.325 e. The van der Waals surface area contributed by atoms with Crippen LogP contribution in [-0.2, 0) is 9.53 Å². The Balaban J connectivity index is 2.37. The molecule has 106 valence electrons. The summed E-state index contributed by atoms with van der Waals surface area (Å²) >= 11 is 11.5. The summed E-state index contributed by atoms with van der Waals surface area (Å²) in [5.41, 5.74) is 0.302. The number of nitriles is 1. The maximum absolute atomic E-state index is 11.7. The number of carbonyl (C=O) groups excluding carboxylic acids is 2. The Morgan fingerprint density at radius 3 is 2.70 bits per heavy atom. The van der Waals surface area contributed by atoms with E-state index in [2.05, 4.69) is 5.32 Å². The van der Waals surface area contributed by atoms with Crippen molar-refractivity contribution in [2.45, 2.75) is 12.8 Å². The van der Waals surface area contributed by atoms with Gasteiger partial charge in [0.1, 0.15) is 6.54 Å². The Hall–Kier alpha value is -1.77. The highest BCUT2D eigenvalue weighted by atomic mass is 35.5. The summed E-state index contributed by atoms with van der Waals surface area (Å²) in [4.78, 5) is 23.0. The predicted octanol–water partition coefficient (Wildman–Crippen LogP) is 2.57. The van der Waals surface area contributed by atoms with Crippen molar-refractivity contribution in [2.75, 3.05) is 13.2 Å². The number of benzene rings is 1. The third kappa shape index (κ3) is 5.47. The lowest BCUT2D eigenvalue weighted by Crippen LogP contribution is -2.30. The predicted molar refractivity (Wildman–Crippen MR) is 74.6 cm³/mol. The molecule has 5 nitrogen and oxygen atoms in total. The van der Waals surface area contributed by atoms with E-state index in [4.69, 9.17) is 33.2 Å². The lowest BCUT2D eigenvalue weighted by atomic mass is 10.2. The summed E-state index contributed by atoms with van der Waals surface area (Å²) in [6, 6.07) is 6.35. The van der Waals surface area contributed by atoms with Crippen molar-refractivity contribution < 1.29 is 14.3 Å². The van der Waals surface area contributed by atoms with E-state index in [0.717, 1.165) is 0 Å². The topological polar surface area (TPSA) is 79.2 Å². The van der Waals surface area contributed by atoms with Crippen LogP contribution in [0.15, 0.2) is 18.2 Å². The van der Waals surface area contributed by atoms with E-state index < -0.39 is 11.9 Å². The molecule has 1 aromatic rings. The number of hydrogen-bond donors (Lipinski definition) is 1. The van der Waals surface area contributed by atoms with Gasteiger partial charge >= 0.3 is 5.97 Å². The summed E-state index contributed by atoms with van der Waals surface area (Å²) in [5, 5.41) is 11.3. The highest BCUT2D eigenvalue weighted by Gasteiger charge is 2.10. The Bertz CT molecular complexity index is 541. The van der Waals surface area contributed by atoms with Crippen molar-refractivity contribution in [3.8, 4) is 6.07 Å². The van der Waals surface area contributed by atoms with E-state index >= 15 is 0 Å². The van der Waals surface area contributed by atoms with Crippen molar-refractivity contribution in [3.05, 3.63) is 33.8 Å². The zero-order valence-electron chi connectivity index (χ0n) is 10.5. The van der Waals surface area contributed by atoms with Crippen LogP contribution >= 0.6 is 23.2 Å². The van der Waals surface area contributed by atoms with Crippen molar-refractivity contribution in [3.63, 3.8) is 0 Å². The van der Waals surface area contributed by atoms with Crippen LogP contribution < -0.4 is 5.32 Å². The minimum atomic E-state index is -0.559. The average molecular weight is 315 g/mol. The Morgan fingerprint density at radius 1 is 1.30 bits per heavy atom.